The van der Waals surface area contributed by atoms with Gasteiger partial charge in [-0.1, -0.05) is 6.07 Å². The number of nitriles is 1. The fourth-order valence-corrected chi connectivity index (χ4v) is 3.41. The average Bonchev–Trinajstić information content (AvgIpc) is 3.15. The minimum absolute atomic E-state index is 0.0450. The van der Waals surface area contributed by atoms with Crippen molar-refractivity contribution in [3.05, 3.63) is 35.4 Å². The average molecular weight is 305 g/mol. The number of halogens is 2. The minimum Gasteiger partial charge on any atom is -0.325 e. The van der Waals surface area contributed by atoms with Crippen LogP contribution in [0.4, 0.5) is 8.78 Å². The molecule has 2 fully saturated rings. The van der Waals surface area contributed by atoms with E-state index < -0.39 is 17.7 Å². The highest BCUT2D eigenvalue weighted by Crippen LogP contribution is 2.31. The van der Waals surface area contributed by atoms with Crippen LogP contribution in [-0.2, 0) is 4.79 Å². The van der Waals surface area contributed by atoms with E-state index in [1.54, 1.807) is 4.90 Å². The number of carbonyl (C=O) groups excluding carboxylic acids is 1. The molecule has 6 heteroatoms. The molecule has 1 aromatic carbocycles. The van der Waals surface area contributed by atoms with E-state index in [1.807, 2.05) is 0 Å². The molecule has 0 saturated carbocycles. The topological polar surface area (TPSA) is 56.1 Å². The summed E-state index contributed by atoms with van der Waals surface area (Å²) in [7, 11) is 0. The standard InChI is InChI=1S/C16H17F2N3O/c17-12-4-1-5-13(18)15(12)10-7-14(20-9-10)16(22)21-6-2-3-11(21)8-19/h1,4-5,10-11,14,20H,2-3,6-7,9H2/t10-,11-,14-/m0/s1. The van der Waals surface area contributed by atoms with E-state index in [-0.39, 0.29) is 23.4 Å². The molecule has 0 unspecified atom stereocenters. The van der Waals surface area contributed by atoms with Crippen LogP contribution in [0.15, 0.2) is 18.2 Å². The van der Waals surface area contributed by atoms with Crippen molar-refractivity contribution in [2.75, 3.05) is 13.1 Å². The summed E-state index contributed by atoms with van der Waals surface area (Å²) in [5.41, 5.74) is 0.0450. The second-order valence-electron chi connectivity index (χ2n) is 5.85. The summed E-state index contributed by atoms with van der Waals surface area (Å²) in [5, 5.41) is 12.1. The highest BCUT2D eigenvalue weighted by atomic mass is 19.1. The Balaban J connectivity index is 1.73. The lowest BCUT2D eigenvalue weighted by Gasteiger charge is -2.23. The van der Waals surface area contributed by atoms with E-state index in [4.69, 9.17) is 5.26 Å². The molecule has 22 heavy (non-hydrogen) atoms. The summed E-state index contributed by atoms with van der Waals surface area (Å²) in [6.07, 6.45) is 1.87. The number of rotatable bonds is 2. The summed E-state index contributed by atoms with van der Waals surface area (Å²) < 4.78 is 27.7. The first-order chi connectivity index (χ1) is 10.6. The van der Waals surface area contributed by atoms with Crippen LogP contribution < -0.4 is 5.32 Å². The minimum atomic E-state index is -0.573. The van der Waals surface area contributed by atoms with Crippen molar-refractivity contribution in [2.24, 2.45) is 0 Å². The van der Waals surface area contributed by atoms with Gasteiger partial charge in [-0.3, -0.25) is 4.79 Å². The Kier molecular flexibility index (Phi) is 4.08. The van der Waals surface area contributed by atoms with E-state index in [0.717, 1.165) is 6.42 Å². The molecule has 2 aliphatic rings. The number of nitrogens with one attached hydrogen (secondary N) is 1. The Morgan fingerprint density at radius 2 is 2.09 bits per heavy atom. The van der Waals surface area contributed by atoms with E-state index in [2.05, 4.69) is 11.4 Å². The predicted octanol–water partition coefficient (Wildman–Crippen LogP) is 1.92. The van der Waals surface area contributed by atoms with Crippen molar-refractivity contribution in [1.82, 2.24) is 10.2 Å². The number of hydrogen-bond acceptors (Lipinski definition) is 3. The number of likely N-dealkylation sites (tertiary alicyclic amines) is 1. The Hall–Kier alpha value is -2.00. The second-order valence-corrected chi connectivity index (χ2v) is 5.85. The van der Waals surface area contributed by atoms with Crippen LogP contribution in [0.2, 0.25) is 0 Å². The summed E-state index contributed by atoms with van der Waals surface area (Å²) in [6, 6.07) is 5.09. The molecule has 2 aliphatic heterocycles. The lowest BCUT2D eigenvalue weighted by Crippen LogP contribution is -2.45. The van der Waals surface area contributed by atoms with E-state index >= 15 is 0 Å². The van der Waals surface area contributed by atoms with E-state index in [1.165, 1.54) is 18.2 Å². The third-order valence-electron chi connectivity index (χ3n) is 4.52. The maximum absolute atomic E-state index is 13.8. The third-order valence-corrected chi connectivity index (χ3v) is 4.52. The van der Waals surface area contributed by atoms with Crippen LogP contribution in [0.5, 0.6) is 0 Å². The van der Waals surface area contributed by atoms with Crippen LogP contribution in [0, 0.1) is 23.0 Å². The van der Waals surface area contributed by atoms with Gasteiger partial charge in [-0.15, -0.1) is 0 Å². The molecule has 1 amide bonds. The van der Waals surface area contributed by atoms with Gasteiger partial charge in [0.15, 0.2) is 0 Å². The Bertz CT molecular complexity index is 608. The highest BCUT2D eigenvalue weighted by Gasteiger charge is 2.38. The van der Waals surface area contributed by atoms with Crippen LogP contribution >= 0.6 is 0 Å². The fraction of sp³-hybridized carbons (Fsp3) is 0.500. The SMILES string of the molecule is N#C[C@@H]1CCCN1C(=O)[C@@H]1C[C@H](c2c(F)cccc2F)CN1. The number of benzene rings is 1. The fourth-order valence-electron chi connectivity index (χ4n) is 3.41. The third kappa shape index (κ3) is 2.57. The number of nitrogens with zero attached hydrogens (tertiary/aromatic N) is 2. The van der Waals surface area contributed by atoms with Gasteiger partial charge in [0, 0.05) is 24.6 Å². The first kappa shape index (κ1) is 14.9. The van der Waals surface area contributed by atoms with Gasteiger partial charge in [-0.2, -0.15) is 5.26 Å². The zero-order valence-electron chi connectivity index (χ0n) is 12.1. The molecule has 3 atom stereocenters. The molecular formula is C16H17F2N3O. The van der Waals surface area contributed by atoms with Gasteiger partial charge in [0.1, 0.15) is 17.7 Å². The molecule has 3 rings (SSSR count). The lowest BCUT2D eigenvalue weighted by atomic mass is 9.95. The van der Waals surface area contributed by atoms with Crippen LogP contribution in [-0.4, -0.2) is 36.0 Å². The van der Waals surface area contributed by atoms with Crippen LogP contribution in [0.25, 0.3) is 0 Å². The number of carbonyl (C=O) groups is 1. The molecular weight excluding hydrogens is 288 g/mol. The first-order valence-corrected chi connectivity index (χ1v) is 7.49. The smallest absolute Gasteiger partial charge is 0.240 e. The highest BCUT2D eigenvalue weighted by molar-refractivity contribution is 5.83. The zero-order valence-corrected chi connectivity index (χ0v) is 12.1. The summed E-state index contributed by atoms with van der Waals surface area (Å²) in [4.78, 5) is 14.1. The Morgan fingerprint density at radius 3 is 2.77 bits per heavy atom. The molecule has 0 aliphatic carbocycles. The summed E-state index contributed by atoms with van der Waals surface area (Å²) >= 11 is 0. The van der Waals surface area contributed by atoms with Gasteiger partial charge in [0.05, 0.1) is 12.1 Å². The van der Waals surface area contributed by atoms with Crippen molar-refractivity contribution in [3.8, 4) is 6.07 Å². The molecule has 0 aromatic heterocycles. The maximum Gasteiger partial charge on any atom is 0.240 e. The monoisotopic (exact) mass is 305 g/mol. The molecule has 0 bridgehead atoms. The molecule has 0 radical (unpaired) electrons. The lowest BCUT2D eigenvalue weighted by molar-refractivity contribution is -0.133. The molecule has 2 saturated heterocycles. The second kappa shape index (κ2) is 6.01. The molecule has 116 valence electrons. The molecule has 4 nitrogen and oxygen atoms in total. The van der Waals surface area contributed by atoms with Gasteiger partial charge in [0.2, 0.25) is 5.91 Å². The molecule has 2 heterocycles. The largest absolute Gasteiger partial charge is 0.325 e. The molecule has 1 N–H and O–H groups in total. The summed E-state index contributed by atoms with van der Waals surface area (Å²) in [5.74, 6) is -1.64. The zero-order chi connectivity index (χ0) is 15.7. The van der Waals surface area contributed by atoms with Crippen molar-refractivity contribution in [2.45, 2.75) is 37.3 Å². The molecule has 1 aromatic rings. The van der Waals surface area contributed by atoms with E-state index in [9.17, 15) is 13.6 Å². The van der Waals surface area contributed by atoms with E-state index in [0.29, 0.717) is 25.9 Å². The maximum atomic E-state index is 13.8. The van der Waals surface area contributed by atoms with Crippen LogP contribution in [0.3, 0.4) is 0 Å². The predicted molar refractivity (Wildman–Crippen MR) is 75.9 cm³/mol. The number of hydrogen-bond donors (Lipinski definition) is 1. The summed E-state index contributed by atoms with van der Waals surface area (Å²) in [6.45, 7) is 0.938. The van der Waals surface area contributed by atoms with Crippen molar-refractivity contribution in [1.29, 1.82) is 5.26 Å². The van der Waals surface area contributed by atoms with Gasteiger partial charge < -0.3 is 10.2 Å². The Morgan fingerprint density at radius 1 is 1.36 bits per heavy atom. The molecule has 0 spiro atoms. The van der Waals surface area contributed by atoms with Crippen molar-refractivity contribution < 1.29 is 13.6 Å². The Labute approximate surface area is 127 Å². The van der Waals surface area contributed by atoms with Gasteiger partial charge in [-0.05, 0) is 31.4 Å². The van der Waals surface area contributed by atoms with Crippen molar-refractivity contribution >= 4 is 5.91 Å². The van der Waals surface area contributed by atoms with Gasteiger partial charge in [-0.25, -0.2) is 8.78 Å². The number of amides is 1. The van der Waals surface area contributed by atoms with Gasteiger partial charge in [0.25, 0.3) is 0 Å². The van der Waals surface area contributed by atoms with Crippen LogP contribution in [0.1, 0.15) is 30.7 Å². The normalized spacial score (nSPS) is 27.9. The van der Waals surface area contributed by atoms with Gasteiger partial charge >= 0.3 is 0 Å². The van der Waals surface area contributed by atoms with Crippen molar-refractivity contribution in [3.63, 3.8) is 0 Å². The first-order valence-electron chi connectivity index (χ1n) is 7.49. The quantitative estimate of drug-likeness (QED) is 0.908.